The first-order chi connectivity index (χ1) is 13.6. The Morgan fingerprint density at radius 2 is 1.54 bits per heavy atom. The molecule has 0 spiro atoms. The summed E-state index contributed by atoms with van der Waals surface area (Å²) in [5.41, 5.74) is 0. The third kappa shape index (κ3) is 5.37. The highest BCUT2D eigenvalue weighted by Gasteiger charge is 2.31. The Kier molecular flexibility index (Phi) is 7.95. The first-order valence-corrected chi connectivity index (χ1v) is 11.0. The van der Waals surface area contributed by atoms with Gasteiger partial charge in [-0.3, -0.25) is 0 Å². The molecule has 1 aromatic carbocycles. The van der Waals surface area contributed by atoms with E-state index in [0.29, 0.717) is 31.2 Å². The minimum Gasteiger partial charge on any atom is -0.491 e. The molecule has 2 atom stereocenters. The predicted octanol–water partition coefficient (Wildman–Crippen LogP) is 6.14. The van der Waals surface area contributed by atoms with Crippen molar-refractivity contribution in [1.82, 2.24) is 0 Å². The fraction of sp³-hybridized carbons (Fsp3) is 0.739. The van der Waals surface area contributed by atoms with Gasteiger partial charge in [-0.25, -0.2) is 0 Å². The highest BCUT2D eigenvalue weighted by Crippen LogP contribution is 2.38. The maximum atomic E-state index is 14.1. The van der Waals surface area contributed by atoms with E-state index in [4.69, 9.17) is 14.2 Å². The molecular weight excluding hydrogens is 362 g/mol. The molecule has 1 heterocycles. The largest absolute Gasteiger partial charge is 0.491 e. The van der Waals surface area contributed by atoms with Gasteiger partial charge >= 0.3 is 0 Å². The van der Waals surface area contributed by atoms with Crippen LogP contribution in [0.4, 0.5) is 8.78 Å². The summed E-state index contributed by atoms with van der Waals surface area (Å²) in [6, 6.07) is 2.89. The third-order valence-electron chi connectivity index (χ3n) is 6.36. The van der Waals surface area contributed by atoms with Gasteiger partial charge in [0.2, 0.25) is 11.6 Å². The van der Waals surface area contributed by atoms with Crippen LogP contribution in [0.1, 0.15) is 65.2 Å². The van der Waals surface area contributed by atoms with Crippen molar-refractivity contribution in [2.75, 3.05) is 19.8 Å². The van der Waals surface area contributed by atoms with E-state index < -0.39 is 11.6 Å². The zero-order valence-corrected chi connectivity index (χ0v) is 17.2. The minimum absolute atomic E-state index is 0.0225. The molecule has 1 aromatic rings. The molecule has 0 radical (unpaired) electrons. The number of hydrogen-bond donors (Lipinski definition) is 0. The van der Waals surface area contributed by atoms with E-state index in [-0.39, 0.29) is 11.5 Å². The lowest BCUT2D eigenvalue weighted by Crippen LogP contribution is -2.33. The molecule has 5 heteroatoms. The molecule has 0 aromatic heterocycles. The van der Waals surface area contributed by atoms with Gasteiger partial charge in [0, 0.05) is 0 Å². The fourth-order valence-corrected chi connectivity index (χ4v) is 4.67. The summed E-state index contributed by atoms with van der Waals surface area (Å²) < 4.78 is 44.8. The van der Waals surface area contributed by atoms with Crippen LogP contribution in [0, 0.1) is 29.4 Å². The van der Waals surface area contributed by atoms with Gasteiger partial charge in [0.25, 0.3) is 0 Å². The summed E-state index contributed by atoms with van der Waals surface area (Å²) in [6.07, 6.45) is 9.86. The van der Waals surface area contributed by atoms with Crippen LogP contribution in [-0.4, -0.2) is 25.9 Å². The van der Waals surface area contributed by atoms with Gasteiger partial charge in [0.1, 0.15) is 0 Å². The Hall–Kier alpha value is -1.36. The quantitative estimate of drug-likeness (QED) is 0.528. The smallest absolute Gasteiger partial charge is 0.204 e. The van der Waals surface area contributed by atoms with E-state index in [9.17, 15) is 8.78 Å². The van der Waals surface area contributed by atoms with Gasteiger partial charge in [0.15, 0.2) is 11.5 Å². The average molecular weight is 397 g/mol. The van der Waals surface area contributed by atoms with E-state index in [2.05, 4.69) is 6.92 Å². The SMILES string of the molecule is CCCC1CCC(C2CCC(COc3ccc(OCC)c(F)c3F)CC2)CO1. The maximum absolute atomic E-state index is 14.1. The predicted molar refractivity (Wildman–Crippen MR) is 106 cm³/mol. The van der Waals surface area contributed by atoms with Gasteiger partial charge in [-0.15, -0.1) is 0 Å². The average Bonchev–Trinajstić information content (AvgIpc) is 2.72. The molecule has 2 aliphatic rings. The Morgan fingerprint density at radius 1 is 0.893 bits per heavy atom. The van der Waals surface area contributed by atoms with Crippen LogP contribution in [0.25, 0.3) is 0 Å². The summed E-state index contributed by atoms with van der Waals surface area (Å²) in [5, 5.41) is 0. The Labute approximate surface area is 167 Å². The second kappa shape index (κ2) is 10.4. The van der Waals surface area contributed by atoms with Crippen LogP contribution in [0.5, 0.6) is 11.5 Å². The van der Waals surface area contributed by atoms with Crippen LogP contribution in [-0.2, 0) is 4.74 Å². The Balaban J connectivity index is 1.42. The van der Waals surface area contributed by atoms with Crippen molar-refractivity contribution in [3.05, 3.63) is 23.8 Å². The van der Waals surface area contributed by atoms with Crippen LogP contribution in [0.2, 0.25) is 0 Å². The molecule has 3 nitrogen and oxygen atoms in total. The molecular formula is C23H34F2O3. The van der Waals surface area contributed by atoms with E-state index in [1.807, 2.05) is 0 Å². The highest BCUT2D eigenvalue weighted by molar-refractivity contribution is 5.35. The van der Waals surface area contributed by atoms with Crippen LogP contribution >= 0.6 is 0 Å². The third-order valence-corrected chi connectivity index (χ3v) is 6.36. The fourth-order valence-electron chi connectivity index (χ4n) is 4.67. The number of halogens is 2. The monoisotopic (exact) mass is 396 g/mol. The molecule has 158 valence electrons. The number of benzene rings is 1. The second-order valence-corrected chi connectivity index (χ2v) is 8.30. The maximum Gasteiger partial charge on any atom is 0.204 e. The Morgan fingerprint density at radius 3 is 2.11 bits per heavy atom. The number of hydrogen-bond acceptors (Lipinski definition) is 3. The van der Waals surface area contributed by atoms with Gasteiger partial charge in [-0.2, -0.15) is 8.78 Å². The standard InChI is InChI=1S/C23H34F2O3/c1-3-5-19-11-10-18(15-27-19)17-8-6-16(7-9-17)14-28-21-13-12-20(26-4-2)22(24)23(21)25/h12-13,16-19H,3-11,14-15H2,1-2H3. The molecule has 0 amide bonds. The first kappa shape index (κ1) is 21.4. The summed E-state index contributed by atoms with van der Waals surface area (Å²) in [7, 11) is 0. The van der Waals surface area contributed by atoms with Gasteiger partial charge < -0.3 is 14.2 Å². The van der Waals surface area contributed by atoms with Crippen LogP contribution in [0.15, 0.2) is 12.1 Å². The van der Waals surface area contributed by atoms with Crippen molar-refractivity contribution in [2.45, 2.75) is 71.3 Å². The Bertz CT molecular complexity index is 606. The summed E-state index contributed by atoms with van der Waals surface area (Å²) >= 11 is 0. The molecule has 3 rings (SSSR count). The first-order valence-electron chi connectivity index (χ1n) is 11.0. The van der Waals surface area contributed by atoms with Gasteiger partial charge in [0.05, 0.1) is 25.9 Å². The molecule has 1 saturated carbocycles. The zero-order chi connectivity index (χ0) is 19.9. The lowest BCUT2D eigenvalue weighted by atomic mass is 9.74. The topological polar surface area (TPSA) is 27.7 Å². The van der Waals surface area contributed by atoms with Crippen molar-refractivity contribution in [1.29, 1.82) is 0 Å². The molecule has 28 heavy (non-hydrogen) atoms. The van der Waals surface area contributed by atoms with E-state index in [1.54, 1.807) is 6.92 Å². The number of rotatable bonds is 8. The normalized spacial score (nSPS) is 28.1. The van der Waals surface area contributed by atoms with E-state index in [0.717, 1.165) is 25.4 Å². The summed E-state index contributed by atoms with van der Waals surface area (Å²) in [5.74, 6) is -0.189. The van der Waals surface area contributed by atoms with Gasteiger partial charge in [-0.05, 0) is 81.8 Å². The molecule has 0 bridgehead atoms. The van der Waals surface area contributed by atoms with Crippen LogP contribution in [0.3, 0.4) is 0 Å². The van der Waals surface area contributed by atoms with E-state index in [1.165, 1.54) is 50.7 Å². The van der Waals surface area contributed by atoms with E-state index >= 15 is 0 Å². The second-order valence-electron chi connectivity index (χ2n) is 8.30. The van der Waals surface area contributed by atoms with Crippen molar-refractivity contribution in [3.8, 4) is 11.5 Å². The van der Waals surface area contributed by atoms with Crippen molar-refractivity contribution in [2.24, 2.45) is 17.8 Å². The molecule has 1 aliphatic heterocycles. The molecule has 1 aliphatic carbocycles. The highest BCUT2D eigenvalue weighted by atomic mass is 19.2. The molecule has 0 N–H and O–H groups in total. The zero-order valence-electron chi connectivity index (χ0n) is 17.2. The van der Waals surface area contributed by atoms with Gasteiger partial charge in [-0.1, -0.05) is 13.3 Å². The van der Waals surface area contributed by atoms with Crippen molar-refractivity contribution < 1.29 is 23.0 Å². The number of ether oxygens (including phenoxy) is 3. The molecule has 2 fully saturated rings. The summed E-state index contributed by atoms with van der Waals surface area (Å²) in [4.78, 5) is 0. The van der Waals surface area contributed by atoms with Crippen LogP contribution < -0.4 is 9.47 Å². The van der Waals surface area contributed by atoms with Crippen molar-refractivity contribution >= 4 is 0 Å². The summed E-state index contributed by atoms with van der Waals surface area (Å²) in [6.45, 7) is 5.60. The minimum atomic E-state index is -0.971. The molecule has 1 saturated heterocycles. The lowest BCUT2D eigenvalue weighted by Gasteiger charge is -2.37. The lowest BCUT2D eigenvalue weighted by molar-refractivity contribution is -0.0428. The molecule has 2 unspecified atom stereocenters. The van der Waals surface area contributed by atoms with Crippen molar-refractivity contribution in [3.63, 3.8) is 0 Å².